The third kappa shape index (κ3) is 3.37. The van der Waals surface area contributed by atoms with Crippen LogP contribution in [0.25, 0.3) is 0 Å². The lowest BCUT2D eigenvalue weighted by atomic mass is 9.83. The van der Waals surface area contributed by atoms with Crippen LogP contribution in [-0.2, 0) is 0 Å². The Balaban J connectivity index is 2.00. The number of nitrogens with zero attached hydrogens (tertiary/aromatic N) is 1. The fourth-order valence-electron chi connectivity index (χ4n) is 2.87. The van der Waals surface area contributed by atoms with Crippen LogP contribution in [0.5, 0.6) is 0 Å². The second-order valence-corrected chi connectivity index (χ2v) is 5.14. The zero-order valence-corrected chi connectivity index (χ0v) is 11.6. The van der Waals surface area contributed by atoms with Gasteiger partial charge in [0.15, 0.2) is 0 Å². The van der Waals surface area contributed by atoms with Gasteiger partial charge in [-0.3, -0.25) is 0 Å². The fourth-order valence-corrected chi connectivity index (χ4v) is 2.87. The Hall–Kier alpha value is -1.25. The topological polar surface area (TPSA) is 37.0 Å². The Morgan fingerprint density at radius 1 is 1.17 bits per heavy atom. The Morgan fingerprint density at radius 3 is 2.72 bits per heavy atom. The highest BCUT2D eigenvalue weighted by atomic mass is 15.1. The molecule has 2 rings (SSSR count). The van der Waals surface area contributed by atoms with Gasteiger partial charge >= 0.3 is 0 Å². The fraction of sp³-hybridized carbons (Fsp3) is 0.667. The van der Waals surface area contributed by atoms with Crippen molar-refractivity contribution in [3.8, 4) is 0 Å². The first kappa shape index (κ1) is 13.2. The third-order valence-electron chi connectivity index (χ3n) is 3.87. The van der Waals surface area contributed by atoms with Gasteiger partial charge in [0.25, 0.3) is 0 Å². The molecule has 100 valence electrons. The minimum atomic E-state index is 0.605. The monoisotopic (exact) mass is 247 g/mol. The van der Waals surface area contributed by atoms with Crippen molar-refractivity contribution in [1.82, 2.24) is 4.98 Å². The SMILES string of the molecule is CCNc1cccc(NC2CCCCC2CC)n1. The van der Waals surface area contributed by atoms with E-state index >= 15 is 0 Å². The summed E-state index contributed by atoms with van der Waals surface area (Å²) in [5.41, 5.74) is 0. The number of pyridine rings is 1. The van der Waals surface area contributed by atoms with Gasteiger partial charge in [0.2, 0.25) is 0 Å². The highest BCUT2D eigenvalue weighted by Crippen LogP contribution is 2.29. The molecule has 1 heterocycles. The maximum Gasteiger partial charge on any atom is 0.128 e. The van der Waals surface area contributed by atoms with E-state index in [1.165, 1.54) is 32.1 Å². The average molecular weight is 247 g/mol. The zero-order valence-electron chi connectivity index (χ0n) is 11.6. The maximum atomic E-state index is 4.60. The predicted molar refractivity (Wildman–Crippen MR) is 78.1 cm³/mol. The lowest BCUT2D eigenvalue weighted by Gasteiger charge is -2.32. The van der Waals surface area contributed by atoms with Crippen molar-refractivity contribution >= 4 is 11.6 Å². The molecule has 0 aromatic carbocycles. The van der Waals surface area contributed by atoms with Crippen LogP contribution in [0.2, 0.25) is 0 Å². The van der Waals surface area contributed by atoms with Gasteiger partial charge in [-0.2, -0.15) is 0 Å². The van der Waals surface area contributed by atoms with E-state index < -0.39 is 0 Å². The van der Waals surface area contributed by atoms with Gasteiger partial charge in [-0.25, -0.2) is 4.98 Å². The second-order valence-electron chi connectivity index (χ2n) is 5.14. The van der Waals surface area contributed by atoms with Gasteiger partial charge in [-0.05, 0) is 37.8 Å². The number of nitrogens with one attached hydrogen (secondary N) is 2. The van der Waals surface area contributed by atoms with E-state index in [9.17, 15) is 0 Å². The van der Waals surface area contributed by atoms with Crippen molar-refractivity contribution in [2.75, 3.05) is 17.2 Å². The van der Waals surface area contributed by atoms with E-state index in [-0.39, 0.29) is 0 Å². The molecular formula is C15H25N3. The largest absolute Gasteiger partial charge is 0.370 e. The number of rotatable bonds is 5. The van der Waals surface area contributed by atoms with Crippen LogP contribution in [0.1, 0.15) is 46.0 Å². The standard InChI is InChI=1S/C15H25N3/c1-3-12-8-5-6-9-13(12)17-15-11-7-10-14(18-15)16-4-2/h7,10-13H,3-6,8-9H2,1-2H3,(H2,16,17,18). The molecule has 1 aliphatic rings. The first-order valence-electron chi connectivity index (χ1n) is 7.31. The summed E-state index contributed by atoms with van der Waals surface area (Å²) in [5.74, 6) is 2.79. The first-order valence-corrected chi connectivity index (χ1v) is 7.31. The van der Waals surface area contributed by atoms with Crippen molar-refractivity contribution in [2.24, 2.45) is 5.92 Å². The maximum absolute atomic E-state index is 4.60. The Bertz CT molecular complexity index is 365. The predicted octanol–water partition coefficient (Wildman–Crippen LogP) is 3.89. The molecule has 2 N–H and O–H groups in total. The third-order valence-corrected chi connectivity index (χ3v) is 3.87. The van der Waals surface area contributed by atoms with E-state index in [0.29, 0.717) is 6.04 Å². The molecule has 0 bridgehead atoms. The molecule has 3 heteroatoms. The Labute approximate surface area is 110 Å². The molecule has 0 saturated heterocycles. The van der Waals surface area contributed by atoms with Gasteiger partial charge in [-0.15, -0.1) is 0 Å². The lowest BCUT2D eigenvalue weighted by Crippen LogP contribution is -2.32. The van der Waals surface area contributed by atoms with Gasteiger partial charge < -0.3 is 10.6 Å². The number of hydrogen-bond acceptors (Lipinski definition) is 3. The van der Waals surface area contributed by atoms with Crippen LogP contribution in [0, 0.1) is 5.92 Å². The lowest BCUT2D eigenvalue weighted by molar-refractivity contribution is 0.317. The molecule has 2 atom stereocenters. The second kappa shape index (κ2) is 6.62. The molecule has 1 aromatic rings. The summed E-state index contributed by atoms with van der Waals surface area (Å²) in [6, 6.07) is 6.76. The van der Waals surface area contributed by atoms with Crippen LogP contribution in [0.4, 0.5) is 11.6 Å². The summed E-state index contributed by atoms with van der Waals surface area (Å²) in [6.45, 7) is 5.31. The van der Waals surface area contributed by atoms with Crippen molar-refractivity contribution in [1.29, 1.82) is 0 Å². The highest BCUT2D eigenvalue weighted by molar-refractivity contribution is 5.45. The normalized spacial score (nSPS) is 23.7. The molecule has 0 radical (unpaired) electrons. The molecule has 1 aliphatic carbocycles. The van der Waals surface area contributed by atoms with Crippen LogP contribution in [-0.4, -0.2) is 17.6 Å². The van der Waals surface area contributed by atoms with Crippen LogP contribution < -0.4 is 10.6 Å². The van der Waals surface area contributed by atoms with E-state index in [0.717, 1.165) is 24.1 Å². The Morgan fingerprint density at radius 2 is 1.94 bits per heavy atom. The van der Waals surface area contributed by atoms with Crippen LogP contribution >= 0.6 is 0 Å². The van der Waals surface area contributed by atoms with E-state index in [1.807, 2.05) is 6.07 Å². The molecule has 1 fully saturated rings. The average Bonchev–Trinajstić information content (AvgIpc) is 2.40. The molecule has 1 saturated carbocycles. The van der Waals surface area contributed by atoms with E-state index in [1.54, 1.807) is 0 Å². The van der Waals surface area contributed by atoms with Crippen LogP contribution in [0.15, 0.2) is 18.2 Å². The van der Waals surface area contributed by atoms with Crippen molar-refractivity contribution in [3.63, 3.8) is 0 Å². The summed E-state index contributed by atoms with van der Waals surface area (Å²) in [7, 11) is 0. The molecule has 2 unspecified atom stereocenters. The summed E-state index contributed by atoms with van der Waals surface area (Å²) in [5, 5.41) is 6.89. The quantitative estimate of drug-likeness (QED) is 0.828. The minimum Gasteiger partial charge on any atom is -0.370 e. The van der Waals surface area contributed by atoms with Crippen LogP contribution in [0.3, 0.4) is 0 Å². The Kier molecular flexibility index (Phi) is 4.85. The van der Waals surface area contributed by atoms with Crippen molar-refractivity contribution in [3.05, 3.63) is 18.2 Å². The van der Waals surface area contributed by atoms with Gasteiger partial charge in [0.05, 0.1) is 0 Å². The van der Waals surface area contributed by atoms with Crippen molar-refractivity contribution < 1.29 is 0 Å². The first-order chi connectivity index (χ1) is 8.83. The summed E-state index contributed by atoms with van der Waals surface area (Å²) in [6.07, 6.45) is 6.65. The van der Waals surface area contributed by atoms with Gasteiger partial charge in [0, 0.05) is 12.6 Å². The molecule has 0 aliphatic heterocycles. The molecular weight excluding hydrogens is 222 g/mol. The smallest absolute Gasteiger partial charge is 0.128 e. The number of anilines is 2. The summed E-state index contributed by atoms with van der Waals surface area (Å²) in [4.78, 5) is 4.60. The minimum absolute atomic E-state index is 0.605. The number of aromatic nitrogens is 1. The number of hydrogen-bond donors (Lipinski definition) is 2. The molecule has 3 nitrogen and oxygen atoms in total. The molecule has 0 spiro atoms. The summed E-state index contributed by atoms with van der Waals surface area (Å²) >= 11 is 0. The molecule has 0 amide bonds. The zero-order chi connectivity index (χ0) is 12.8. The molecule has 18 heavy (non-hydrogen) atoms. The van der Waals surface area contributed by atoms with Gasteiger partial charge in [-0.1, -0.05) is 32.3 Å². The van der Waals surface area contributed by atoms with Crippen molar-refractivity contribution in [2.45, 2.75) is 52.0 Å². The molecule has 1 aromatic heterocycles. The van der Waals surface area contributed by atoms with E-state index in [2.05, 4.69) is 41.6 Å². The van der Waals surface area contributed by atoms with Gasteiger partial charge in [0.1, 0.15) is 11.6 Å². The summed E-state index contributed by atoms with van der Waals surface area (Å²) < 4.78 is 0. The van der Waals surface area contributed by atoms with E-state index in [4.69, 9.17) is 0 Å². The highest BCUT2D eigenvalue weighted by Gasteiger charge is 2.23.